The molecule has 0 fully saturated rings. The van der Waals surface area contributed by atoms with E-state index in [0.29, 0.717) is 4.32 Å². The highest BCUT2D eigenvalue weighted by Gasteiger charge is 2.08. The second kappa shape index (κ2) is 9.11. The van der Waals surface area contributed by atoms with Crippen molar-refractivity contribution in [3.05, 3.63) is 102 Å². The Morgan fingerprint density at radius 3 is 2.28 bits per heavy atom. The van der Waals surface area contributed by atoms with Crippen molar-refractivity contribution in [1.29, 1.82) is 0 Å². The van der Waals surface area contributed by atoms with Crippen LogP contribution in [-0.4, -0.2) is 15.0 Å². The van der Waals surface area contributed by atoms with Crippen LogP contribution in [0.25, 0.3) is 0 Å². The van der Waals surface area contributed by atoms with Gasteiger partial charge in [-0.15, -0.1) is 0 Å². The molecule has 0 spiro atoms. The van der Waals surface area contributed by atoms with Crippen LogP contribution in [0.15, 0.2) is 90.2 Å². The minimum Gasteiger partial charge on any atom is -0.262 e. The van der Waals surface area contributed by atoms with Gasteiger partial charge < -0.3 is 0 Å². The summed E-state index contributed by atoms with van der Waals surface area (Å²) < 4.78 is 0.633. The van der Waals surface area contributed by atoms with Gasteiger partial charge in [0, 0.05) is 17.5 Å². The zero-order valence-corrected chi connectivity index (χ0v) is 15.1. The summed E-state index contributed by atoms with van der Waals surface area (Å²) in [5.41, 5.74) is 6.78. The van der Waals surface area contributed by atoms with Gasteiger partial charge in [-0.1, -0.05) is 90.7 Å². The standard InChI is InChI=1S/C20H17N3S2/c24-20(25-15-16-9-3-1-4-10-16)23-22-19(17-11-5-2-6-12-17)18-13-7-8-14-21-18/h1-14H,15H2,(H,23,24)/b22-19+. The fourth-order valence-electron chi connectivity index (χ4n) is 2.23. The molecule has 0 atom stereocenters. The highest BCUT2D eigenvalue weighted by atomic mass is 32.2. The smallest absolute Gasteiger partial charge is 0.154 e. The molecule has 1 aromatic heterocycles. The molecule has 0 radical (unpaired) electrons. The molecule has 0 bridgehead atoms. The monoisotopic (exact) mass is 363 g/mol. The molecule has 0 aliphatic rings. The van der Waals surface area contributed by atoms with Crippen LogP contribution in [-0.2, 0) is 5.75 Å². The Labute approximate surface area is 157 Å². The van der Waals surface area contributed by atoms with Crippen LogP contribution in [0.3, 0.4) is 0 Å². The molecule has 0 aliphatic heterocycles. The predicted molar refractivity (Wildman–Crippen MR) is 110 cm³/mol. The van der Waals surface area contributed by atoms with Crippen LogP contribution in [0, 0.1) is 0 Å². The first-order chi connectivity index (χ1) is 12.3. The second-order valence-electron chi connectivity index (χ2n) is 5.21. The van der Waals surface area contributed by atoms with Crippen molar-refractivity contribution in [1.82, 2.24) is 10.4 Å². The fourth-order valence-corrected chi connectivity index (χ4v) is 3.05. The summed E-state index contributed by atoms with van der Waals surface area (Å²) in [6.45, 7) is 0. The molecule has 0 saturated heterocycles. The zero-order valence-electron chi connectivity index (χ0n) is 13.5. The van der Waals surface area contributed by atoms with Crippen LogP contribution >= 0.6 is 24.0 Å². The Hall–Kier alpha value is -2.50. The highest BCUT2D eigenvalue weighted by molar-refractivity contribution is 8.22. The Kier molecular flexibility index (Phi) is 6.31. The van der Waals surface area contributed by atoms with Crippen molar-refractivity contribution in [2.45, 2.75) is 5.75 Å². The third kappa shape index (κ3) is 5.24. The van der Waals surface area contributed by atoms with Crippen LogP contribution in [0.5, 0.6) is 0 Å². The van der Waals surface area contributed by atoms with Crippen molar-refractivity contribution in [3.63, 3.8) is 0 Å². The van der Waals surface area contributed by atoms with Crippen molar-refractivity contribution in [3.8, 4) is 0 Å². The minimum atomic E-state index is 0.633. The molecule has 25 heavy (non-hydrogen) atoms. The van der Waals surface area contributed by atoms with Gasteiger partial charge in [-0.25, -0.2) is 0 Å². The van der Waals surface area contributed by atoms with E-state index in [9.17, 15) is 0 Å². The first-order valence-corrected chi connectivity index (χ1v) is 9.23. The maximum atomic E-state index is 5.40. The number of hydrazone groups is 1. The number of aromatic nitrogens is 1. The molecule has 5 heteroatoms. The third-order valence-corrected chi connectivity index (χ3v) is 4.70. The number of pyridine rings is 1. The molecule has 0 unspecified atom stereocenters. The summed E-state index contributed by atoms with van der Waals surface area (Å²) in [6, 6.07) is 26.0. The van der Waals surface area contributed by atoms with Crippen LogP contribution in [0.2, 0.25) is 0 Å². The lowest BCUT2D eigenvalue weighted by molar-refractivity contribution is 1.05. The van der Waals surface area contributed by atoms with E-state index in [1.165, 1.54) is 5.56 Å². The summed E-state index contributed by atoms with van der Waals surface area (Å²) in [4.78, 5) is 4.41. The maximum Gasteiger partial charge on any atom is 0.154 e. The van der Waals surface area contributed by atoms with Gasteiger partial charge >= 0.3 is 0 Å². The van der Waals surface area contributed by atoms with Gasteiger partial charge in [0.2, 0.25) is 0 Å². The lowest BCUT2D eigenvalue weighted by Crippen LogP contribution is -2.17. The van der Waals surface area contributed by atoms with Crippen LogP contribution < -0.4 is 5.43 Å². The van der Waals surface area contributed by atoms with Gasteiger partial charge in [-0.2, -0.15) is 5.10 Å². The van der Waals surface area contributed by atoms with E-state index in [1.807, 2.05) is 66.7 Å². The minimum absolute atomic E-state index is 0.633. The quantitative estimate of drug-likeness (QED) is 0.407. The Morgan fingerprint density at radius 2 is 1.60 bits per heavy atom. The van der Waals surface area contributed by atoms with E-state index >= 15 is 0 Å². The average Bonchev–Trinajstić information content (AvgIpc) is 2.69. The largest absolute Gasteiger partial charge is 0.262 e. The van der Waals surface area contributed by atoms with Gasteiger partial charge in [0.05, 0.1) is 5.69 Å². The predicted octanol–water partition coefficient (Wildman–Crippen LogP) is 4.64. The Balaban J connectivity index is 1.72. The molecule has 1 N–H and O–H groups in total. The van der Waals surface area contributed by atoms with Crippen molar-refractivity contribution in [2.75, 3.05) is 0 Å². The Morgan fingerprint density at radius 1 is 0.920 bits per heavy atom. The highest BCUT2D eigenvalue weighted by Crippen LogP contribution is 2.13. The van der Waals surface area contributed by atoms with Crippen LogP contribution in [0.1, 0.15) is 16.8 Å². The number of nitrogens with one attached hydrogen (secondary N) is 1. The Bertz CT molecular complexity index is 793. The number of hydrogen-bond donors (Lipinski definition) is 1. The molecule has 0 aliphatic carbocycles. The molecular weight excluding hydrogens is 346 g/mol. The van der Waals surface area contributed by atoms with E-state index in [4.69, 9.17) is 12.2 Å². The van der Waals surface area contributed by atoms with Crippen molar-refractivity contribution in [2.24, 2.45) is 5.10 Å². The number of rotatable bonds is 5. The lowest BCUT2D eigenvalue weighted by Gasteiger charge is -2.08. The van der Waals surface area contributed by atoms with E-state index in [1.54, 1.807) is 18.0 Å². The van der Waals surface area contributed by atoms with E-state index < -0.39 is 0 Å². The van der Waals surface area contributed by atoms with Crippen molar-refractivity contribution >= 4 is 34.0 Å². The first kappa shape index (κ1) is 17.3. The number of thiocarbonyl (C=S) groups is 1. The number of hydrogen-bond acceptors (Lipinski definition) is 4. The number of thioether (sulfide) groups is 1. The summed E-state index contributed by atoms with van der Waals surface area (Å²) >= 11 is 6.95. The molecule has 124 valence electrons. The summed E-state index contributed by atoms with van der Waals surface area (Å²) in [5.74, 6) is 0.812. The molecule has 3 aromatic rings. The summed E-state index contributed by atoms with van der Waals surface area (Å²) in [5, 5.41) is 4.52. The third-order valence-electron chi connectivity index (χ3n) is 3.43. The topological polar surface area (TPSA) is 37.3 Å². The van der Waals surface area contributed by atoms with Gasteiger partial charge in [-0.3, -0.25) is 10.4 Å². The lowest BCUT2D eigenvalue weighted by atomic mass is 10.1. The average molecular weight is 364 g/mol. The SMILES string of the molecule is S=C(N/N=C(\c1ccccc1)c1ccccn1)SCc1ccccc1. The van der Waals surface area contributed by atoms with E-state index in [0.717, 1.165) is 22.7 Å². The fraction of sp³-hybridized carbons (Fsp3) is 0.0500. The van der Waals surface area contributed by atoms with Gasteiger partial charge in [0.1, 0.15) is 5.71 Å². The second-order valence-corrected chi connectivity index (χ2v) is 6.87. The van der Waals surface area contributed by atoms with Crippen molar-refractivity contribution < 1.29 is 0 Å². The van der Waals surface area contributed by atoms with Gasteiger partial charge in [0.25, 0.3) is 0 Å². The van der Waals surface area contributed by atoms with E-state index in [2.05, 4.69) is 27.6 Å². The normalized spacial score (nSPS) is 11.1. The molecule has 2 aromatic carbocycles. The molecule has 0 amide bonds. The summed E-state index contributed by atoms with van der Waals surface area (Å²) in [6.07, 6.45) is 1.76. The van der Waals surface area contributed by atoms with Gasteiger partial charge in [-0.05, 0) is 17.7 Å². The molecule has 3 rings (SSSR count). The van der Waals surface area contributed by atoms with Gasteiger partial charge in [0.15, 0.2) is 4.32 Å². The van der Waals surface area contributed by atoms with Crippen LogP contribution in [0.4, 0.5) is 0 Å². The zero-order chi connectivity index (χ0) is 17.3. The molecular formula is C20H17N3S2. The molecule has 0 saturated carbocycles. The number of benzene rings is 2. The molecule has 1 heterocycles. The number of nitrogens with zero attached hydrogens (tertiary/aromatic N) is 2. The maximum absolute atomic E-state index is 5.40. The molecule has 3 nitrogen and oxygen atoms in total. The summed E-state index contributed by atoms with van der Waals surface area (Å²) in [7, 11) is 0. The van der Waals surface area contributed by atoms with E-state index in [-0.39, 0.29) is 0 Å². The first-order valence-electron chi connectivity index (χ1n) is 7.84.